The molecule has 9 heteroatoms. The molecule has 0 bridgehead atoms. The highest BCUT2D eigenvalue weighted by Gasteiger charge is 2.18. The van der Waals surface area contributed by atoms with Crippen LogP contribution in [0.5, 0.6) is 0 Å². The molecule has 1 amide bonds. The van der Waals surface area contributed by atoms with E-state index in [0.29, 0.717) is 30.6 Å². The summed E-state index contributed by atoms with van der Waals surface area (Å²) in [6.45, 7) is 2.00. The molecule has 3 aromatic heterocycles. The first-order valence-electron chi connectivity index (χ1n) is 10.6. The Bertz CT molecular complexity index is 1490. The molecule has 0 saturated carbocycles. The van der Waals surface area contributed by atoms with Crippen LogP contribution in [0.2, 0.25) is 0 Å². The molecule has 0 atom stereocenters. The third kappa shape index (κ3) is 3.80. The smallest absolute Gasteiger partial charge is 0.275 e. The number of hydrogen-bond acceptors (Lipinski definition) is 4. The maximum Gasteiger partial charge on any atom is 0.275 e. The number of carbonyl (C=O) groups is 1. The molecule has 1 aromatic carbocycles. The van der Waals surface area contributed by atoms with Gasteiger partial charge in [-0.2, -0.15) is 4.39 Å². The van der Waals surface area contributed by atoms with Gasteiger partial charge in [0.15, 0.2) is 5.82 Å². The van der Waals surface area contributed by atoms with E-state index in [9.17, 15) is 18.4 Å². The standard InChI is InChI=1S/C24H21F2N5O2/c1-27-23(32)18-4-3-16(22(26)28-18)15-6-9-30(10-7-15)13-14-2-5-20-19(12-14)29-24(33)21-17(25)8-11-31(20)21/h2-6,8,11-12H,7,9-10,13H2,1H3,(H,27,32)(H,29,33). The lowest BCUT2D eigenvalue weighted by Gasteiger charge is -2.26. The molecule has 7 nitrogen and oxygen atoms in total. The third-order valence-electron chi connectivity index (χ3n) is 5.97. The molecule has 0 unspecified atom stereocenters. The molecule has 0 saturated heterocycles. The van der Waals surface area contributed by atoms with E-state index in [2.05, 4.69) is 20.2 Å². The normalized spacial score (nSPS) is 14.6. The van der Waals surface area contributed by atoms with Crippen molar-refractivity contribution in [2.24, 2.45) is 0 Å². The number of pyridine rings is 1. The highest BCUT2D eigenvalue weighted by molar-refractivity contribution is 5.92. The van der Waals surface area contributed by atoms with Gasteiger partial charge in [-0.1, -0.05) is 12.1 Å². The number of fused-ring (bicyclic) bond motifs is 3. The van der Waals surface area contributed by atoms with E-state index < -0.39 is 23.2 Å². The second-order valence-electron chi connectivity index (χ2n) is 8.02. The van der Waals surface area contributed by atoms with Crippen LogP contribution in [0, 0.1) is 11.8 Å². The zero-order valence-corrected chi connectivity index (χ0v) is 17.9. The number of benzene rings is 1. The minimum Gasteiger partial charge on any atom is -0.354 e. The minimum atomic E-state index is -0.651. The number of hydrogen-bond donors (Lipinski definition) is 2. The number of aromatic amines is 1. The Morgan fingerprint density at radius 1 is 1.21 bits per heavy atom. The van der Waals surface area contributed by atoms with Crippen LogP contribution in [0.15, 0.2) is 53.5 Å². The fourth-order valence-corrected chi connectivity index (χ4v) is 4.29. The first-order valence-corrected chi connectivity index (χ1v) is 10.6. The quantitative estimate of drug-likeness (QED) is 0.469. The van der Waals surface area contributed by atoms with E-state index in [4.69, 9.17) is 0 Å². The van der Waals surface area contributed by atoms with Crippen LogP contribution in [0.3, 0.4) is 0 Å². The maximum atomic E-state index is 14.5. The van der Waals surface area contributed by atoms with Crippen molar-refractivity contribution < 1.29 is 13.6 Å². The molecule has 4 heterocycles. The summed E-state index contributed by atoms with van der Waals surface area (Å²) in [6, 6.07) is 10.1. The number of nitrogens with zero attached hydrogens (tertiary/aromatic N) is 3. The average molecular weight is 449 g/mol. The van der Waals surface area contributed by atoms with Gasteiger partial charge in [0, 0.05) is 38.4 Å². The van der Waals surface area contributed by atoms with Crippen molar-refractivity contribution in [3.8, 4) is 0 Å². The second-order valence-corrected chi connectivity index (χ2v) is 8.02. The molecule has 33 heavy (non-hydrogen) atoms. The van der Waals surface area contributed by atoms with Gasteiger partial charge in [0.05, 0.1) is 11.0 Å². The van der Waals surface area contributed by atoms with E-state index in [0.717, 1.165) is 23.2 Å². The van der Waals surface area contributed by atoms with E-state index in [1.54, 1.807) is 16.7 Å². The van der Waals surface area contributed by atoms with Crippen LogP contribution in [0.4, 0.5) is 8.78 Å². The predicted octanol–water partition coefficient (Wildman–Crippen LogP) is 3.10. The molecule has 4 aromatic rings. The first-order chi connectivity index (χ1) is 15.9. The molecule has 0 spiro atoms. The van der Waals surface area contributed by atoms with Crippen LogP contribution in [0.25, 0.3) is 22.1 Å². The van der Waals surface area contributed by atoms with E-state index in [-0.39, 0.29) is 11.2 Å². The Hall–Kier alpha value is -3.85. The number of amides is 1. The van der Waals surface area contributed by atoms with E-state index in [1.165, 1.54) is 19.2 Å². The van der Waals surface area contributed by atoms with Crippen LogP contribution in [0.1, 0.15) is 28.0 Å². The lowest BCUT2D eigenvalue weighted by atomic mass is 10.00. The zero-order valence-electron chi connectivity index (χ0n) is 17.9. The first kappa shape index (κ1) is 21.0. The van der Waals surface area contributed by atoms with Crippen molar-refractivity contribution in [2.45, 2.75) is 13.0 Å². The molecular weight excluding hydrogens is 428 g/mol. The lowest BCUT2D eigenvalue weighted by Crippen LogP contribution is -2.28. The number of carbonyl (C=O) groups excluding carboxylic acids is 1. The Balaban J connectivity index is 1.34. The fraction of sp³-hybridized carbons (Fsp3) is 0.208. The third-order valence-corrected chi connectivity index (χ3v) is 5.97. The van der Waals surface area contributed by atoms with Gasteiger partial charge in [0.2, 0.25) is 5.95 Å². The van der Waals surface area contributed by atoms with E-state index >= 15 is 0 Å². The minimum absolute atomic E-state index is 0.00836. The van der Waals surface area contributed by atoms with Crippen molar-refractivity contribution in [3.05, 3.63) is 87.6 Å². The van der Waals surface area contributed by atoms with Crippen molar-refractivity contribution in [1.29, 1.82) is 0 Å². The Morgan fingerprint density at radius 2 is 2.06 bits per heavy atom. The van der Waals surface area contributed by atoms with Gasteiger partial charge < -0.3 is 14.7 Å². The molecule has 1 aliphatic heterocycles. The van der Waals surface area contributed by atoms with Crippen LogP contribution < -0.4 is 10.9 Å². The summed E-state index contributed by atoms with van der Waals surface area (Å²) in [4.78, 5) is 32.6. The van der Waals surface area contributed by atoms with Gasteiger partial charge in [-0.15, -0.1) is 0 Å². The largest absolute Gasteiger partial charge is 0.354 e. The number of H-pyrrole nitrogens is 1. The van der Waals surface area contributed by atoms with Gasteiger partial charge in [0.25, 0.3) is 11.5 Å². The monoisotopic (exact) mass is 449 g/mol. The van der Waals surface area contributed by atoms with Crippen LogP contribution in [-0.4, -0.2) is 45.3 Å². The van der Waals surface area contributed by atoms with Gasteiger partial charge in [0.1, 0.15) is 11.2 Å². The molecular formula is C24H21F2N5O2. The summed E-state index contributed by atoms with van der Waals surface area (Å²) >= 11 is 0. The van der Waals surface area contributed by atoms with Gasteiger partial charge in [-0.3, -0.25) is 14.5 Å². The maximum absolute atomic E-state index is 14.5. The second kappa shape index (κ2) is 8.25. The number of rotatable bonds is 4. The molecule has 0 radical (unpaired) electrons. The summed E-state index contributed by atoms with van der Waals surface area (Å²) in [5.41, 5.74) is 3.23. The zero-order chi connectivity index (χ0) is 23.1. The average Bonchev–Trinajstić information content (AvgIpc) is 3.21. The Kier molecular flexibility index (Phi) is 5.26. The van der Waals surface area contributed by atoms with Crippen LogP contribution in [-0.2, 0) is 6.54 Å². The van der Waals surface area contributed by atoms with Crippen LogP contribution >= 0.6 is 0 Å². The topological polar surface area (TPSA) is 82.5 Å². The summed E-state index contributed by atoms with van der Waals surface area (Å²) < 4.78 is 29.9. The lowest BCUT2D eigenvalue weighted by molar-refractivity contribution is 0.0957. The molecule has 5 rings (SSSR count). The fourth-order valence-electron chi connectivity index (χ4n) is 4.29. The Morgan fingerprint density at radius 3 is 2.79 bits per heavy atom. The summed E-state index contributed by atoms with van der Waals surface area (Å²) in [5.74, 6) is -1.63. The molecule has 0 fully saturated rings. The van der Waals surface area contributed by atoms with Gasteiger partial charge in [-0.05, 0) is 47.9 Å². The summed E-state index contributed by atoms with van der Waals surface area (Å²) in [6.07, 6.45) is 4.16. The predicted molar refractivity (Wildman–Crippen MR) is 121 cm³/mol. The summed E-state index contributed by atoms with van der Waals surface area (Å²) in [5, 5.41) is 2.43. The van der Waals surface area contributed by atoms with Gasteiger partial charge >= 0.3 is 0 Å². The highest BCUT2D eigenvalue weighted by Crippen LogP contribution is 2.25. The number of nitrogens with one attached hydrogen (secondary N) is 2. The molecule has 0 aliphatic carbocycles. The highest BCUT2D eigenvalue weighted by atomic mass is 19.1. The van der Waals surface area contributed by atoms with E-state index in [1.807, 2.05) is 24.3 Å². The molecule has 168 valence electrons. The molecule has 2 N–H and O–H groups in total. The van der Waals surface area contributed by atoms with Gasteiger partial charge in [-0.25, -0.2) is 9.37 Å². The number of halogens is 2. The number of aromatic nitrogens is 3. The molecule has 1 aliphatic rings. The van der Waals surface area contributed by atoms with Crippen molar-refractivity contribution in [2.75, 3.05) is 20.1 Å². The van der Waals surface area contributed by atoms with Crippen molar-refractivity contribution in [1.82, 2.24) is 24.6 Å². The SMILES string of the molecule is CNC(=O)c1ccc(C2=CCN(Cc3ccc4c(c3)[nH]c(=O)c3c(F)ccn34)CC2)c(F)n1. The van der Waals surface area contributed by atoms with Crippen molar-refractivity contribution in [3.63, 3.8) is 0 Å². The Labute approximate surface area is 187 Å². The summed E-state index contributed by atoms with van der Waals surface area (Å²) in [7, 11) is 1.47. The van der Waals surface area contributed by atoms with Crippen molar-refractivity contribution >= 4 is 28.0 Å².